The van der Waals surface area contributed by atoms with Crippen LogP contribution in [-0.2, 0) is 6.54 Å². The number of guanidine groups is 1. The molecule has 0 aliphatic carbocycles. The summed E-state index contributed by atoms with van der Waals surface area (Å²) in [7, 11) is 1.75. The van der Waals surface area contributed by atoms with E-state index >= 15 is 0 Å². The quantitative estimate of drug-likeness (QED) is 0.505. The molecule has 0 unspecified atom stereocenters. The number of rotatable bonds is 5. The molecular formula is C15H18N4S. The Bertz CT molecular complexity index is 575. The van der Waals surface area contributed by atoms with E-state index in [0.29, 0.717) is 13.1 Å². The highest BCUT2D eigenvalue weighted by atomic mass is 32.1. The molecule has 0 aliphatic heterocycles. The van der Waals surface area contributed by atoms with Crippen molar-refractivity contribution in [2.75, 3.05) is 13.6 Å². The third-order valence-electron chi connectivity index (χ3n) is 2.67. The zero-order valence-electron chi connectivity index (χ0n) is 11.5. The zero-order chi connectivity index (χ0) is 14.2. The first kappa shape index (κ1) is 14.3. The zero-order valence-corrected chi connectivity index (χ0v) is 12.3. The molecule has 0 saturated carbocycles. The Kier molecular flexibility index (Phi) is 5.32. The van der Waals surface area contributed by atoms with Crippen molar-refractivity contribution in [1.29, 1.82) is 0 Å². The summed E-state index contributed by atoms with van der Waals surface area (Å²) in [5, 5.41) is 9.46. The van der Waals surface area contributed by atoms with Gasteiger partial charge in [-0.25, -0.2) is 4.98 Å². The summed E-state index contributed by atoms with van der Waals surface area (Å²) in [4.78, 5) is 8.75. The van der Waals surface area contributed by atoms with Gasteiger partial charge in [-0.1, -0.05) is 36.4 Å². The summed E-state index contributed by atoms with van der Waals surface area (Å²) < 4.78 is 0. The Morgan fingerprint density at radius 2 is 2.15 bits per heavy atom. The number of hydrogen-bond acceptors (Lipinski definition) is 3. The van der Waals surface area contributed by atoms with E-state index in [1.54, 1.807) is 24.5 Å². The Labute approximate surface area is 123 Å². The van der Waals surface area contributed by atoms with Gasteiger partial charge in [-0.15, -0.1) is 17.9 Å². The standard InChI is InChI=1S/C15H18N4S/c1-3-9-17-15(16-2)18-10-14-19-13(11-20-14)12-7-5-4-6-8-12/h3-8,11H,1,9-10H2,2H3,(H2,16,17,18). The first-order chi connectivity index (χ1) is 9.83. The molecule has 0 spiro atoms. The van der Waals surface area contributed by atoms with E-state index in [0.717, 1.165) is 22.2 Å². The first-order valence-electron chi connectivity index (χ1n) is 6.38. The van der Waals surface area contributed by atoms with Gasteiger partial charge >= 0.3 is 0 Å². The molecule has 0 saturated heterocycles. The average molecular weight is 286 g/mol. The van der Waals surface area contributed by atoms with Crippen LogP contribution in [0.3, 0.4) is 0 Å². The Hall–Kier alpha value is -2.14. The van der Waals surface area contributed by atoms with E-state index in [1.165, 1.54) is 0 Å². The van der Waals surface area contributed by atoms with Crippen molar-refractivity contribution < 1.29 is 0 Å². The van der Waals surface area contributed by atoms with Crippen LogP contribution in [0.1, 0.15) is 5.01 Å². The van der Waals surface area contributed by atoms with Crippen molar-refractivity contribution in [3.05, 3.63) is 53.4 Å². The van der Waals surface area contributed by atoms with Gasteiger partial charge in [0.05, 0.1) is 12.2 Å². The molecule has 1 aromatic heterocycles. The lowest BCUT2D eigenvalue weighted by Gasteiger charge is -2.08. The van der Waals surface area contributed by atoms with Gasteiger partial charge in [0.25, 0.3) is 0 Å². The average Bonchev–Trinajstić information content (AvgIpc) is 2.97. The second kappa shape index (κ2) is 7.45. The molecule has 104 valence electrons. The SMILES string of the molecule is C=CCNC(=NC)NCc1nc(-c2ccccc2)cs1. The van der Waals surface area contributed by atoms with Gasteiger partial charge in [-0.3, -0.25) is 4.99 Å². The summed E-state index contributed by atoms with van der Waals surface area (Å²) in [6, 6.07) is 10.2. The normalized spacial score (nSPS) is 11.2. The van der Waals surface area contributed by atoms with Crippen LogP contribution in [-0.4, -0.2) is 24.5 Å². The molecule has 2 N–H and O–H groups in total. The lowest BCUT2D eigenvalue weighted by atomic mass is 10.2. The van der Waals surface area contributed by atoms with Gasteiger partial charge in [-0.2, -0.15) is 0 Å². The van der Waals surface area contributed by atoms with Crippen LogP contribution < -0.4 is 10.6 Å². The molecule has 2 rings (SSSR count). The minimum atomic E-state index is 0.661. The van der Waals surface area contributed by atoms with E-state index in [2.05, 4.69) is 44.7 Å². The fraction of sp³-hybridized carbons (Fsp3) is 0.200. The van der Waals surface area contributed by atoms with Crippen LogP contribution >= 0.6 is 11.3 Å². The maximum Gasteiger partial charge on any atom is 0.191 e. The fourth-order valence-corrected chi connectivity index (χ4v) is 2.43. The van der Waals surface area contributed by atoms with E-state index < -0.39 is 0 Å². The molecule has 5 heteroatoms. The van der Waals surface area contributed by atoms with E-state index in [-0.39, 0.29) is 0 Å². The highest BCUT2D eigenvalue weighted by Gasteiger charge is 2.04. The van der Waals surface area contributed by atoms with Crippen LogP contribution in [0.5, 0.6) is 0 Å². The van der Waals surface area contributed by atoms with Gasteiger partial charge in [-0.05, 0) is 0 Å². The third-order valence-corrected chi connectivity index (χ3v) is 3.51. The van der Waals surface area contributed by atoms with Gasteiger partial charge in [0.15, 0.2) is 5.96 Å². The molecule has 2 aromatic rings. The molecule has 0 amide bonds. The van der Waals surface area contributed by atoms with Crippen LogP contribution in [0.15, 0.2) is 53.4 Å². The summed E-state index contributed by atoms with van der Waals surface area (Å²) in [5.74, 6) is 0.751. The number of nitrogens with one attached hydrogen (secondary N) is 2. The van der Waals surface area contributed by atoms with Crippen molar-refractivity contribution in [2.24, 2.45) is 4.99 Å². The lowest BCUT2D eigenvalue weighted by Crippen LogP contribution is -2.36. The monoisotopic (exact) mass is 286 g/mol. The molecule has 20 heavy (non-hydrogen) atoms. The fourth-order valence-electron chi connectivity index (χ4n) is 1.68. The topological polar surface area (TPSA) is 49.3 Å². The number of thiazole rings is 1. The first-order valence-corrected chi connectivity index (χ1v) is 7.26. The Morgan fingerprint density at radius 1 is 1.35 bits per heavy atom. The van der Waals surface area contributed by atoms with Crippen LogP contribution in [0.2, 0.25) is 0 Å². The molecule has 0 bridgehead atoms. The smallest absolute Gasteiger partial charge is 0.191 e. The molecule has 1 heterocycles. The van der Waals surface area contributed by atoms with Gasteiger partial charge < -0.3 is 10.6 Å². The second-order valence-corrected chi connectivity index (χ2v) is 5.03. The summed E-state index contributed by atoms with van der Waals surface area (Å²) in [5.41, 5.74) is 2.16. The molecule has 1 aromatic carbocycles. The van der Waals surface area contributed by atoms with Crippen LogP contribution in [0.4, 0.5) is 0 Å². The molecule has 0 aliphatic rings. The van der Waals surface area contributed by atoms with Gasteiger partial charge in [0.2, 0.25) is 0 Å². The van der Waals surface area contributed by atoms with E-state index in [1.807, 2.05) is 18.2 Å². The molecule has 0 fully saturated rings. The highest BCUT2D eigenvalue weighted by Crippen LogP contribution is 2.21. The maximum atomic E-state index is 4.62. The largest absolute Gasteiger partial charge is 0.353 e. The number of nitrogens with zero attached hydrogens (tertiary/aromatic N) is 2. The summed E-state index contributed by atoms with van der Waals surface area (Å²) in [6.07, 6.45) is 1.80. The van der Waals surface area contributed by atoms with Crippen LogP contribution in [0, 0.1) is 0 Å². The van der Waals surface area contributed by atoms with Crippen molar-refractivity contribution in [2.45, 2.75) is 6.54 Å². The van der Waals surface area contributed by atoms with Crippen LogP contribution in [0.25, 0.3) is 11.3 Å². The van der Waals surface area contributed by atoms with E-state index in [4.69, 9.17) is 0 Å². The number of aromatic nitrogens is 1. The third kappa shape index (κ3) is 3.93. The number of hydrogen-bond donors (Lipinski definition) is 2. The predicted molar refractivity (Wildman–Crippen MR) is 85.9 cm³/mol. The summed E-state index contributed by atoms with van der Waals surface area (Å²) in [6.45, 7) is 5.01. The second-order valence-electron chi connectivity index (χ2n) is 4.09. The summed E-state index contributed by atoms with van der Waals surface area (Å²) >= 11 is 1.64. The van der Waals surface area contributed by atoms with Crippen molar-refractivity contribution >= 4 is 17.3 Å². The molecule has 0 radical (unpaired) electrons. The van der Waals surface area contributed by atoms with Gasteiger partial charge in [0, 0.05) is 24.5 Å². The predicted octanol–water partition coefficient (Wildman–Crippen LogP) is 2.66. The molecular weight excluding hydrogens is 268 g/mol. The minimum absolute atomic E-state index is 0.661. The van der Waals surface area contributed by atoms with Crippen molar-refractivity contribution in [1.82, 2.24) is 15.6 Å². The number of aliphatic imine (C=N–C) groups is 1. The molecule has 0 atom stereocenters. The maximum absolute atomic E-state index is 4.62. The minimum Gasteiger partial charge on any atom is -0.353 e. The van der Waals surface area contributed by atoms with Crippen molar-refractivity contribution in [3.63, 3.8) is 0 Å². The van der Waals surface area contributed by atoms with Gasteiger partial charge in [0.1, 0.15) is 5.01 Å². The Balaban J connectivity index is 1.95. The molecule has 4 nitrogen and oxygen atoms in total. The Morgan fingerprint density at radius 3 is 2.85 bits per heavy atom. The van der Waals surface area contributed by atoms with E-state index in [9.17, 15) is 0 Å². The number of benzene rings is 1. The highest BCUT2D eigenvalue weighted by molar-refractivity contribution is 7.09. The lowest BCUT2D eigenvalue weighted by molar-refractivity contribution is 0.841. The van der Waals surface area contributed by atoms with Crippen molar-refractivity contribution in [3.8, 4) is 11.3 Å².